The number of aliphatic hydroxyl groups is 1. The molecule has 0 bridgehead atoms. The van der Waals surface area contributed by atoms with Gasteiger partial charge in [-0.2, -0.15) is 10.4 Å². The van der Waals surface area contributed by atoms with E-state index in [1.54, 1.807) is 23.0 Å². The lowest BCUT2D eigenvalue weighted by Crippen LogP contribution is -2.54. The first kappa shape index (κ1) is 24.3. The molecule has 184 valence electrons. The number of halogens is 2. The number of likely N-dealkylation sites (tertiary alicyclic amines) is 1. The van der Waals surface area contributed by atoms with Crippen LogP contribution in [0.3, 0.4) is 0 Å². The Balaban J connectivity index is 1.36. The van der Waals surface area contributed by atoms with Crippen LogP contribution in [-0.4, -0.2) is 68.6 Å². The number of nitrogens with zero attached hydrogens (tertiary/aromatic N) is 7. The second kappa shape index (κ2) is 9.90. The van der Waals surface area contributed by atoms with Crippen LogP contribution in [-0.2, 0) is 0 Å². The maximum atomic E-state index is 9.75. The van der Waals surface area contributed by atoms with Crippen LogP contribution in [0.1, 0.15) is 44.0 Å². The van der Waals surface area contributed by atoms with Crippen LogP contribution in [0, 0.1) is 23.2 Å². The third kappa shape index (κ3) is 4.83. The second-order valence-electron chi connectivity index (χ2n) is 9.82. The fourth-order valence-corrected chi connectivity index (χ4v) is 5.95. The van der Waals surface area contributed by atoms with Gasteiger partial charge < -0.3 is 14.9 Å². The van der Waals surface area contributed by atoms with Gasteiger partial charge in [0.25, 0.3) is 0 Å². The van der Waals surface area contributed by atoms with E-state index in [2.05, 4.69) is 26.0 Å². The number of anilines is 1. The zero-order valence-electron chi connectivity index (χ0n) is 19.9. The van der Waals surface area contributed by atoms with Crippen molar-refractivity contribution in [2.24, 2.45) is 11.8 Å². The summed E-state index contributed by atoms with van der Waals surface area (Å²) in [6.07, 6.45) is 3.87. The van der Waals surface area contributed by atoms with Gasteiger partial charge in [0, 0.05) is 36.2 Å². The van der Waals surface area contributed by atoms with Crippen LogP contribution in [0.25, 0.3) is 11.2 Å². The highest BCUT2D eigenvalue weighted by molar-refractivity contribution is 6.35. The van der Waals surface area contributed by atoms with Crippen LogP contribution in [0.15, 0.2) is 24.4 Å². The number of hydrogen-bond acceptors (Lipinski definition) is 7. The lowest BCUT2D eigenvalue weighted by Gasteiger charge is -2.47. The van der Waals surface area contributed by atoms with Gasteiger partial charge >= 0.3 is 0 Å². The van der Waals surface area contributed by atoms with Crippen molar-refractivity contribution in [1.29, 1.82) is 5.26 Å². The Bertz CT molecular complexity index is 1260. The van der Waals surface area contributed by atoms with Crippen LogP contribution in [0.4, 0.5) is 5.82 Å². The van der Waals surface area contributed by atoms with Crippen molar-refractivity contribution in [3.63, 3.8) is 0 Å². The summed E-state index contributed by atoms with van der Waals surface area (Å²) >= 11 is 12.5. The van der Waals surface area contributed by atoms with E-state index in [9.17, 15) is 10.4 Å². The van der Waals surface area contributed by atoms with Gasteiger partial charge in [-0.1, -0.05) is 29.3 Å². The van der Waals surface area contributed by atoms with Crippen molar-refractivity contribution >= 4 is 40.2 Å². The fraction of sp³-hybridized carbons (Fsp3) is 0.520. The highest BCUT2D eigenvalue weighted by Gasteiger charge is 2.37. The molecule has 2 aliphatic rings. The minimum atomic E-state index is -0.290. The van der Waals surface area contributed by atoms with Gasteiger partial charge in [0.2, 0.25) is 0 Å². The average Bonchev–Trinajstić information content (AvgIpc) is 3.16. The highest BCUT2D eigenvalue weighted by Crippen LogP contribution is 2.35. The molecule has 5 rings (SSSR count). The first-order chi connectivity index (χ1) is 16.8. The molecule has 2 fully saturated rings. The molecule has 3 aromatic rings. The predicted octanol–water partition coefficient (Wildman–Crippen LogP) is 4.14. The number of nitriles is 1. The number of aromatic nitrogens is 4. The topological polar surface area (TPSA) is 94.1 Å². The van der Waals surface area contributed by atoms with Crippen molar-refractivity contribution in [3.8, 4) is 6.07 Å². The van der Waals surface area contributed by atoms with E-state index in [1.807, 2.05) is 19.9 Å². The summed E-state index contributed by atoms with van der Waals surface area (Å²) in [5.41, 5.74) is 2.16. The van der Waals surface area contributed by atoms with Gasteiger partial charge in [-0.25, -0.2) is 14.6 Å². The van der Waals surface area contributed by atoms with Gasteiger partial charge in [-0.15, -0.1) is 0 Å². The Morgan fingerprint density at radius 2 is 2.00 bits per heavy atom. The first-order valence-corrected chi connectivity index (χ1v) is 12.8. The molecule has 1 aromatic carbocycles. The van der Waals surface area contributed by atoms with E-state index in [-0.39, 0.29) is 17.8 Å². The highest BCUT2D eigenvalue weighted by atomic mass is 35.5. The summed E-state index contributed by atoms with van der Waals surface area (Å²) in [5.74, 6) is 2.04. The van der Waals surface area contributed by atoms with E-state index in [0.29, 0.717) is 33.0 Å². The molecule has 4 heterocycles. The van der Waals surface area contributed by atoms with E-state index in [4.69, 9.17) is 28.2 Å². The molecule has 0 aliphatic carbocycles. The molecular weight excluding hydrogens is 485 g/mol. The summed E-state index contributed by atoms with van der Waals surface area (Å²) in [4.78, 5) is 14.1. The number of aliphatic hydroxyl groups excluding tert-OH is 1. The van der Waals surface area contributed by atoms with Crippen LogP contribution in [0.2, 0.25) is 10.0 Å². The quantitative estimate of drug-likeness (QED) is 0.528. The third-order valence-electron chi connectivity index (χ3n) is 7.24. The van der Waals surface area contributed by atoms with Gasteiger partial charge in [0.05, 0.1) is 18.3 Å². The molecule has 3 atom stereocenters. The van der Waals surface area contributed by atoms with Gasteiger partial charge in [0.15, 0.2) is 11.3 Å². The number of β-amino-alcohol motifs (C(OH)–C–C–N with tert-alkyl or cyclic N) is 1. The van der Waals surface area contributed by atoms with Gasteiger partial charge in [-0.3, -0.25) is 0 Å². The maximum Gasteiger partial charge on any atom is 0.190 e. The van der Waals surface area contributed by atoms with Crippen LogP contribution in [0.5, 0.6) is 0 Å². The lowest BCUT2D eigenvalue weighted by molar-refractivity contribution is 0.0725. The minimum absolute atomic E-state index is 0.248. The molecule has 2 aliphatic heterocycles. The number of hydrogen-bond donors (Lipinski definition) is 1. The molecule has 35 heavy (non-hydrogen) atoms. The van der Waals surface area contributed by atoms with Crippen molar-refractivity contribution in [1.82, 2.24) is 24.6 Å². The molecule has 0 spiro atoms. The first-order valence-electron chi connectivity index (χ1n) is 12.1. The van der Waals surface area contributed by atoms with E-state index in [0.717, 1.165) is 44.1 Å². The van der Waals surface area contributed by atoms with Crippen molar-refractivity contribution in [2.45, 2.75) is 38.8 Å². The smallest absolute Gasteiger partial charge is 0.190 e. The zero-order chi connectivity index (χ0) is 24.7. The van der Waals surface area contributed by atoms with E-state index < -0.39 is 0 Å². The van der Waals surface area contributed by atoms with Gasteiger partial charge in [0.1, 0.15) is 17.4 Å². The molecule has 2 aromatic heterocycles. The van der Waals surface area contributed by atoms with Crippen LogP contribution < -0.4 is 4.90 Å². The van der Waals surface area contributed by atoms with Crippen molar-refractivity contribution in [2.75, 3.05) is 37.6 Å². The monoisotopic (exact) mass is 513 g/mol. The number of piperidine rings is 1. The molecular formula is C25H29Cl2N7O. The summed E-state index contributed by atoms with van der Waals surface area (Å²) in [7, 11) is 0. The second-order valence-corrected chi connectivity index (χ2v) is 10.7. The number of rotatable bonds is 6. The third-order valence-corrected chi connectivity index (χ3v) is 7.80. The Morgan fingerprint density at radius 1 is 1.20 bits per heavy atom. The maximum absolute atomic E-state index is 9.75. The minimum Gasteiger partial charge on any atom is -0.392 e. The number of benzene rings is 1. The summed E-state index contributed by atoms with van der Waals surface area (Å²) in [5, 5.41) is 25.0. The molecule has 0 amide bonds. The Labute approximate surface area is 215 Å². The SMILES string of the molecule is C[C@H](O)CN1CCC[C@@H](C2CN(c3cnc4c(C#N)nn([C@H](C)c5ccc(Cl)cc5Cl)c4n3)C2)C1. The van der Waals surface area contributed by atoms with Crippen molar-refractivity contribution in [3.05, 3.63) is 45.7 Å². The normalized spacial score (nSPS) is 21.0. The fourth-order valence-electron chi connectivity index (χ4n) is 5.38. The summed E-state index contributed by atoms with van der Waals surface area (Å²) < 4.78 is 1.73. The molecule has 10 heteroatoms. The number of fused-ring (bicyclic) bond motifs is 1. The molecule has 0 unspecified atom stereocenters. The molecule has 0 saturated carbocycles. The summed E-state index contributed by atoms with van der Waals surface area (Å²) in [6, 6.07) is 7.26. The van der Waals surface area contributed by atoms with Crippen molar-refractivity contribution < 1.29 is 5.11 Å². The largest absolute Gasteiger partial charge is 0.392 e. The Hall–Kier alpha value is -2.44. The molecule has 2 saturated heterocycles. The van der Waals surface area contributed by atoms with Gasteiger partial charge in [-0.05, 0) is 62.8 Å². The average molecular weight is 514 g/mol. The lowest BCUT2D eigenvalue weighted by atomic mass is 9.80. The molecule has 8 nitrogen and oxygen atoms in total. The molecule has 0 radical (unpaired) electrons. The Kier molecular flexibility index (Phi) is 6.86. The molecule has 1 N–H and O–H groups in total. The van der Waals surface area contributed by atoms with E-state index >= 15 is 0 Å². The summed E-state index contributed by atoms with van der Waals surface area (Å²) in [6.45, 7) is 8.56. The zero-order valence-corrected chi connectivity index (χ0v) is 21.4. The Morgan fingerprint density at radius 3 is 2.71 bits per heavy atom. The predicted molar refractivity (Wildman–Crippen MR) is 137 cm³/mol. The van der Waals surface area contributed by atoms with Crippen LogP contribution >= 0.6 is 23.2 Å². The van der Waals surface area contributed by atoms with E-state index in [1.165, 1.54) is 12.8 Å². The standard InChI is InChI=1S/C25H29Cl2N7O/c1-15(35)11-32-7-3-4-17(12-32)18-13-33(14-18)23-10-29-24-22(9-28)31-34(25(24)30-23)16(2)20-6-5-19(26)8-21(20)27/h5-6,8,10,15-18,35H,3-4,7,11-14H2,1-2H3/t15-,16+,17+/m0/s1.